The Labute approximate surface area is 177 Å². The van der Waals surface area contributed by atoms with Gasteiger partial charge in [0.05, 0.1) is 6.10 Å². The molecule has 3 amide bonds. The third-order valence-electron chi connectivity index (χ3n) is 6.40. The minimum absolute atomic E-state index is 0.274. The quantitative estimate of drug-likeness (QED) is 0.733. The monoisotopic (exact) mass is 413 g/mol. The van der Waals surface area contributed by atoms with Crippen molar-refractivity contribution in [2.45, 2.75) is 56.5 Å². The molecule has 4 rings (SSSR count). The molecule has 2 N–H and O–H groups in total. The molecule has 1 aromatic carbocycles. The Kier molecular flexibility index (Phi) is 6.06. The lowest BCUT2D eigenvalue weighted by Gasteiger charge is -2.40. The summed E-state index contributed by atoms with van der Waals surface area (Å²) >= 11 is 0. The predicted octanol–water partition coefficient (Wildman–Crippen LogP) is 1.25. The maximum Gasteiger partial charge on any atom is 0.328 e. The minimum atomic E-state index is -0.652. The summed E-state index contributed by atoms with van der Waals surface area (Å²) in [5.41, 5.74) is 0.871. The number of fused-ring (bicyclic) bond motifs is 1. The summed E-state index contributed by atoms with van der Waals surface area (Å²) < 4.78 is 0. The van der Waals surface area contributed by atoms with Crippen LogP contribution in [0.25, 0.3) is 0 Å². The molecule has 2 heterocycles. The minimum Gasteiger partial charge on any atom is -0.390 e. The van der Waals surface area contributed by atoms with Gasteiger partial charge in [0.1, 0.15) is 5.84 Å². The summed E-state index contributed by atoms with van der Waals surface area (Å²) in [4.78, 5) is 34.7. The third-order valence-corrected chi connectivity index (χ3v) is 6.40. The van der Waals surface area contributed by atoms with Crippen LogP contribution in [0.3, 0.4) is 0 Å². The molecule has 162 valence electrons. The topological polar surface area (TPSA) is 88.5 Å². The second-order valence-electron chi connectivity index (χ2n) is 8.52. The van der Waals surface area contributed by atoms with Crippen LogP contribution in [0.4, 0.5) is 4.79 Å². The van der Waals surface area contributed by atoms with E-state index in [0.29, 0.717) is 18.4 Å². The zero-order valence-corrected chi connectivity index (χ0v) is 17.7. The van der Waals surface area contributed by atoms with E-state index < -0.39 is 18.3 Å². The van der Waals surface area contributed by atoms with Gasteiger partial charge >= 0.3 is 6.03 Å². The molecule has 0 bridgehead atoms. The number of imide groups is 1. The molecular weight excluding hydrogens is 382 g/mol. The number of aliphatic hydroxyl groups excluding tert-OH is 1. The van der Waals surface area contributed by atoms with Crippen LogP contribution in [0.2, 0.25) is 0 Å². The van der Waals surface area contributed by atoms with Crippen molar-refractivity contribution in [3.8, 4) is 0 Å². The van der Waals surface area contributed by atoms with Crippen molar-refractivity contribution >= 4 is 17.8 Å². The van der Waals surface area contributed by atoms with Crippen molar-refractivity contribution in [3.05, 3.63) is 35.9 Å². The van der Waals surface area contributed by atoms with E-state index in [0.717, 1.165) is 23.3 Å². The summed E-state index contributed by atoms with van der Waals surface area (Å²) in [6, 6.07) is 9.10. The van der Waals surface area contributed by atoms with Gasteiger partial charge in [-0.1, -0.05) is 49.6 Å². The number of aliphatic hydroxyl groups is 1. The predicted molar refractivity (Wildman–Crippen MR) is 114 cm³/mol. The number of benzene rings is 1. The molecule has 1 saturated carbocycles. The van der Waals surface area contributed by atoms with Crippen LogP contribution in [0, 0.1) is 0 Å². The van der Waals surface area contributed by atoms with Crippen molar-refractivity contribution < 1.29 is 14.7 Å². The molecule has 0 aromatic heterocycles. The number of rotatable bonds is 6. The first-order valence-corrected chi connectivity index (χ1v) is 10.8. The van der Waals surface area contributed by atoms with Gasteiger partial charge in [-0.2, -0.15) is 0 Å². The Balaban J connectivity index is 1.54. The van der Waals surface area contributed by atoms with E-state index in [1.54, 1.807) is 7.05 Å². The highest BCUT2D eigenvalue weighted by molar-refractivity contribution is 6.08. The van der Waals surface area contributed by atoms with Crippen LogP contribution < -0.4 is 5.32 Å². The first-order chi connectivity index (χ1) is 14.5. The Bertz CT molecular complexity index is 808. The summed E-state index contributed by atoms with van der Waals surface area (Å²) in [7, 11) is 3.16. The van der Waals surface area contributed by atoms with E-state index >= 15 is 0 Å². The standard InChI is InChI=1S/C22H31N5O3/c1-25-20-18(21(29)26(2)22(25)30)27(19(24-20)15-9-5-3-6-10-15)14-17(28)13-23-16-11-7-4-8-12-16/h3,5-6,9-10,16-18,20,23,28H,4,7-8,11-14H2,1-2H3. The van der Waals surface area contributed by atoms with Crippen molar-refractivity contribution in [2.75, 3.05) is 27.2 Å². The second kappa shape index (κ2) is 8.73. The van der Waals surface area contributed by atoms with Crippen LogP contribution in [0.5, 0.6) is 0 Å². The van der Waals surface area contributed by atoms with E-state index in [2.05, 4.69) is 5.32 Å². The summed E-state index contributed by atoms with van der Waals surface area (Å²) in [5, 5.41) is 14.3. The van der Waals surface area contributed by atoms with Gasteiger partial charge in [0, 0.05) is 38.8 Å². The molecule has 1 aliphatic carbocycles. The summed E-state index contributed by atoms with van der Waals surface area (Å²) in [5.74, 6) is 0.357. The molecule has 3 unspecified atom stereocenters. The number of hydrogen-bond acceptors (Lipinski definition) is 6. The molecule has 2 aliphatic heterocycles. The van der Waals surface area contributed by atoms with Gasteiger partial charge in [-0.15, -0.1) is 0 Å². The number of urea groups is 1. The van der Waals surface area contributed by atoms with E-state index in [1.165, 1.54) is 31.2 Å². The maximum absolute atomic E-state index is 13.0. The van der Waals surface area contributed by atoms with Gasteiger partial charge in [0.25, 0.3) is 5.91 Å². The number of aliphatic imine (C=N–C) groups is 1. The molecule has 0 radical (unpaired) electrons. The normalized spacial score (nSPS) is 26.1. The lowest BCUT2D eigenvalue weighted by Crippen LogP contribution is -2.64. The Morgan fingerprint density at radius 2 is 1.83 bits per heavy atom. The third kappa shape index (κ3) is 3.94. The van der Waals surface area contributed by atoms with Gasteiger partial charge in [-0.25, -0.2) is 9.79 Å². The van der Waals surface area contributed by atoms with Gasteiger partial charge in [0.15, 0.2) is 12.2 Å². The molecule has 1 aromatic rings. The van der Waals surface area contributed by atoms with E-state index in [9.17, 15) is 14.7 Å². The molecule has 8 heteroatoms. The van der Waals surface area contributed by atoms with Crippen LogP contribution >= 0.6 is 0 Å². The zero-order chi connectivity index (χ0) is 21.3. The Morgan fingerprint density at radius 1 is 1.13 bits per heavy atom. The average molecular weight is 414 g/mol. The zero-order valence-electron chi connectivity index (χ0n) is 17.7. The molecular formula is C22H31N5O3. The largest absolute Gasteiger partial charge is 0.390 e. The number of carbonyl (C=O) groups is 2. The first-order valence-electron chi connectivity index (χ1n) is 10.8. The van der Waals surface area contributed by atoms with E-state index in [-0.39, 0.29) is 18.5 Å². The molecule has 3 atom stereocenters. The fraction of sp³-hybridized carbons (Fsp3) is 0.591. The van der Waals surface area contributed by atoms with E-state index in [1.807, 2.05) is 35.2 Å². The van der Waals surface area contributed by atoms with Crippen LogP contribution in [-0.2, 0) is 4.79 Å². The number of hydrogen-bond donors (Lipinski definition) is 2. The molecule has 8 nitrogen and oxygen atoms in total. The molecule has 2 fully saturated rings. The Hall–Kier alpha value is -2.45. The lowest BCUT2D eigenvalue weighted by molar-refractivity contribution is -0.136. The highest BCUT2D eigenvalue weighted by atomic mass is 16.3. The second-order valence-corrected chi connectivity index (χ2v) is 8.52. The van der Waals surface area contributed by atoms with Crippen molar-refractivity contribution in [3.63, 3.8) is 0 Å². The average Bonchev–Trinajstić information content (AvgIpc) is 3.15. The highest BCUT2D eigenvalue weighted by Gasteiger charge is 2.51. The van der Waals surface area contributed by atoms with Crippen molar-refractivity contribution in [1.29, 1.82) is 0 Å². The number of likely N-dealkylation sites (N-methyl/N-ethyl adjacent to an activating group) is 2. The van der Waals surface area contributed by atoms with Gasteiger partial charge in [-0.05, 0) is 12.8 Å². The molecule has 0 spiro atoms. The molecule has 3 aliphatic rings. The number of β-amino-alcohol motifs (C(OH)–C–C–N with tert-alkyl or cyclic N) is 1. The summed E-state index contributed by atoms with van der Waals surface area (Å²) in [6.07, 6.45) is 4.81. The van der Waals surface area contributed by atoms with Crippen LogP contribution in [-0.4, -0.2) is 89.1 Å². The van der Waals surface area contributed by atoms with Crippen molar-refractivity contribution in [1.82, 2.24) is 20.0 Å². The van der Waals surface area contributed by atoms with Crippen molar-refractivity contribution in [2.24, 2.45) is 4.99 Å². The van der Waals surface area contributed by atoms with E-state index in [4.69, 9.17) is 4.99 Å². The smallest absolute Gasteiger partial charge is 0.328 e. The highest BCUT2D eigenvalue weighted by Crippen LogP contribution is 2.29. The first kappa shape index (κ1) is 20.8. The van der Waals surface area contributed by atoms with Gasteiger partial charge < -0.3 is 20.2 Å². The SMILES string of the molecule is CN1C(=O)C2C(N=C(c3ccccc3)N2CC(O)CNC2CCCCC2)N(C)C1=O. The maximum atomic E-state index is 13.0. The number of nitrogens with zero attached hydrogens (tertiary/aromatic N) is 4. The fourth-order valence-corrected chi connectivity index (χ4v) is 4.69. The van der Waals surface area contributed by atoms with Gasteiger partial charge in [0.2, 0.25) is 0 Å². The molecule has 1 saturated heterocycles. The van der Waals surface area contributed by atoms with Gasteiger partial charge in [-0.3, -0.25) is 9.69 Å². The fourth-order valence-electron chi connectivity index (χ4n) is 4.69. The number of amides is 3. The lowest BCUT2D eigenvalue weighted by atomic mass is 9.95. The van der Waals surface area contributed by atoms with Crippen LogP contribution in [0.1, 0.15) is 37.7 Å². The number of carbonyl (C=O) groups excluding carboxylic acids is 2. The van der Waals surface area contributed by atoms with Crippen LogP contribution in [0.15, 0.2) is 35.3 Å². The number of nitrogens with one attached hydrogen (secondary N) is 1. The Morgan fingerprint density at radius 3 is 2.53 bits per heavy atom. The number of amidine groups is 1. The summed E-state index contributed by atoms with van der Waals surface area (Å²) in [6.45, 7) is 0.746. The molecule has 30 heavy (non-hydrogen) atoms.